The molecule has 17 heavy (non-hydrogen) atoms. The molecule has 1 heterocycles. The lowest BCUT2D eigenvalue weighted by Crippen LogP contribution is -2.08. The SMILES string of the molecule is CN(C)c1ccc(C=Nc2n[nH]c(N)n2)cc1. The van der Waals surface area contributed by atoms with E-state index in [9.17, 15) is 0 Å². The van der Waals surface area contributed by atoms with Crippen LogP contribution in [0.2, 0.25) is 0 Å². The molecule has 0 aliphatic heterocycles. The summed E-state index contributed by atoms with van der Waals surface area (Å²) < 4.78 is 0. The van der Waals surface area contributed by atoms with Crippen molar-refractivity contribution in [2.24, 2.45) is 4.99 Å². The van der Waals surface area contributed by atoms with Gasteiger partial charge in [-0.25, -0.2) is 10.1 Å². The van der Waals surface area contributed by atoms with E-state index in [-0.39, 0.29) is 5.95 Å². The number of H-pyrrole nitrogens is 1. The van der Waals surface area contributed by atoms with Crippen LogP contribution in [0.15, 0.2) is 29.3 Å². The van der Waals surface area contributed by atoms with E-state index in [1.165, 1.54) is 0 Å². The van der Waals surface area contributed by atoms with E-state index in [4.69, 9.17) is 5.73 Å². The number of aromatic nitrogens is 3. The average Bonchev–Trinajstić information content (AvgIpc) is 2.73. The molecule has 6 heteroatoms. The first-order chi connectivity index (χ1) is 8.15. The first kappa shape index (κ1) is 11.1. The van der Waals surface area contributed by atoms with E-state index in [2.05, 4.69) is 20.2 Å². The van der Waals surface area contributed by atoms with Gasteiger partial charge < -0.3 is 10.6 Å². The third-order valence-electron chi connectivity index (χ3n) is 2.23. The van der Waals surface area contributed by atoms with Gasteiger partial charge in [0.1, 0.15) is 0 Å². The topological polar surface area (TPSA) is 83.2 Å². The molecule has 3 N–H and O–H groups in total. The van der Waals surface area contributed by atoms with E-state index in [1.807, 2.05) is 43.3 Å². The smallest absolute Gasteiger partial charge is 0.269 e. The molecular formula is C11H14N6. The number of hydrogen-bond donors (Lipinski definition) is 2. The van der Waals surface area contributed by atoms with Crippen molar-refractivity contribution in [2.45, 2.75) is 0 Å². The summed E-state index contributed by atoms with van der Waals surface area (Å²) in [5, 5.41) is 6.33. The summed E-state index contributed by atoms with van der Waals surface area (Å²) in [7, 11) is 4.00. The van der Waals surface area contributed by atoms with Crippen LogP contribution in [0.4, 0.5) is 17.6 Å². The zero-order valence-corrected chi connectivity index (χ0v) is 9.75. The fourth-order valence-corrected chi connectivity index (χ4v) is 1.31. The maximum atomic E-state index is 5.39. The predicted octanol–water partition coefficient (Wildman–Crippen LogP) is 1.20. The summed E-state index contributed by atoms with van der Waals surface area (Å²) in [6, 6.07) is 8.01. The van der Waals surface area contributed by atoms with Crippen molar-refractivity contribution in [3.05, 3.63) is 29.8 Å². The zero-order chi connectivity index (χ0) is 12.3. The molecule has 2 aromatic rings. The number of hydrogen-bond acceptors (Lipinski definition) is 5. The molecule has 0 unspecified atom stereocenters. The van der Waals surface area contributed by atoms with Crippen LogP contribution in [0.25, 0.3) is 0 Å². The van der Waals surface area contributed by atoms with Gasteiger partial charge in [0.15, 0.2) is 0 Å². The zero-order valence-electron chi connectivity index (χ0n) is 9.75. The summed E-state index contributed by atoms with van der Waals surface area (Å²) in [6.07, 6.45) is 1.70. The van der Waals surface area contributed by atoms with Gasteiger partial charge in [0.25, 0.3) is 5.95 Å². The Morgan fingerprint density at radius 3 is 2.53 bits per heavy atom. The Balaban J connectivity index is 2.11. The minimum atomic E-state index is 0.264. The van der Waals surface area contributed by atoms with Crippen molar-refractivity contribution >= 4 is 23.8 Å². The van der Waals surface area contributed by atoms with Gasteiger partial charge in [-0.3, -0.25) is 0 Å². The van der Waals surface area contributed by atoms with Crippen LogP contribution in [0, 0.1) is 0 Å². The second kappa shape index (κ2) is 4.65. The molecule has 6 nitrogen and oxygen atoms in total. The first-order valence-corrected chi connectivity index (χ1v) is 5.14. The third-order valence-corrected chi connectivity index (χ3v) is 2.23. The lowest BCUT2D eigenvalue weighted by Gasteiger charge is -2.11. The molecule has 1 aromatic heterocycles. The van der Waals surface area contributed by atoms with Crippen molar-refractivity contribution in [3.8, 4) is 0 Å². The molecule has 0 spiro atoms. The fourth-order valence-electron chi connectivity index (χ4n) is 1.31. The summed E-state index contributed by atoms with van der Waals surface area (Å²) in [6.45, 7) is 0. The molecule has 0 aliphatic carbocycles. The van der Waals surface area contributed by atoms with Crippen molar-refractivity contribution in [1.82, 2.24) is 15.2 Å². The number of benzene rings is 1. The van der Waals surface area contributed by atoms with Crippen LogP contribution in [0.1, 0.15) is 5.56 Å². The maximum absolute atomic E-state index is 5.39. The highest BCUT2D eigenvalue weighted by atomic mass is 15.3. The highest BCUT2D eigenvalue weighted by molar-refractivity contribution is 5.81. The van der Waals surface area contributed by atoms with Crippen molar-refractivity contribution in [3.63, 3.8) is 0 Å². The van der Waals surface area contributed by atoms with E-state index in [0.29, 0.717) is 5.95 Å². The van der Waals surface area contributed by atoms with E-state index < -0.39 is 0 Å². The van der Waals surface area contributed by atoms with Gasteiger partial charge in [-0.2, -0.15) is 4.98 Å². The molecule has 0 bridgehead atoms. The summed E-state index contributed by atoms with van der Waals surface area (Å²) in [5.41, 5.74) is 7.52. The highest BCUT2D eigenvalue weighted by Crippen LogP contribution is 2.11. The van der Waals surface area contributed by atoms with Crippen LogP contribution < -0.4 is 10.6 Å². The van der Waals surface area contributed by atoms with Gasteiger partial charge in [0.05, 0.1) is 0 Å². The van der Waals surface area contributed by atoms with Gasteiger partial charge in [0.2, 0.25) is 5.95 Å². The minimum Gasteiger partial charge on any atom is -0.378 e. The number of rotatable bonds is 3. The largest absolute Gasteiger partial charge is 0.378 e. The summed E-state index contributed by atoms with van der Waals surface area (Å²) >= 11 is 0. The Bertz CT molecular complexity index is 511. The normalized spacial score (nSPS) is 10.9. The summed E-state index contributed by atoms with van der Waals surface area (Å²) in [5.74, 6) is 0.597. The number of nitrogens with one attached hydrogen (secondary N) is 1. The Labute approximate surface area is 99.2 Å². The van der Waals surface area contributed by atoms with Crippen LogP contribution >= 0.6 is 0 Å². The maximum Gasteiger partial charge on any atom is 0.269 e. The third kappa shape index (κ3) is 2.81. The molecule has 0 radical (unpaired) electrons. The highest BCUT2D eigenvalue weighted by Gasteiger charge is 1.96. The predicted molar refractivity (Wildman–Crippen MR) is 68.8 cm³/mol. The van der Waals surface area contributed by atoms with E-state index >= 15 is 0 Å². The van der Waals surface area contributed by atoms with Crippen molar-refractivity contribution in [2.75, 3.05) is 24.7 Å². The molecule has 88 valence electrons. The Morgan fingerprint density at radius 2 is 2.00 bits per heavy atom. The number of nitrogen functional groups attached to an aromatic ring is 1. The number of nitrogens with zero attached hydrogens (tertiary/aromatic N) is 4. The number of aromatic amines is 1. The van der Waals surface area contributed by atoms with Crippen LogP contribution in [-0.4, -0.2) is 35.5 Å². The fraction of sp³-hybridized carbons (Fsp3) is 0.182. The monoisotopic (exact) mass is 230 g/mol. The van der Waals surface area contributed by atoms with Crippen LogP contribution in [0.3, 0.4) is 0 Å². The molecule has 0 saturated carbocycles. The Morgan fingerprint density at radius 1 is 1.29 bits per heavy atom. The Kier molecular flexibility index (Phi) is 3.04. The number of aliphatic imine (C=N–C) groups is 1. The molecule has 0 atom stereocenters. The molecule has 0 aliphatic rings. The molecule has 0 saturated heterocycles. The first-order valence-electron chi connectivity index (χ1n) is 5.14. The second-order valence-electron chi connectivity index (χ2n) is 3.76. The van der Waals surface area contributed by atoms with Gasteiger partial charge >= 0.3 is 0 Å². The van der Waals surface area contributed by atoms with Gasteiger partial charge in [-0.15, -0.1) is 5.10 Å². The minimum absolute atomic E-state index is 0.264. The second-order valence-corrected chi connectivity index (χ2v) is 3.76. The van der Waals surface area contributed by atoms with Crippen molar-refractivity contribution < 1.29 is 0 Å². The lowest BCUT2D eigenvalue weighted by molar-refractivity contribution is 1.09. The summed E-state index contributed by atoms with van der Waals surface area (Å²) in [4.78, 5) is 10.0. The van der Waals surface area contributed by atoms with E-state index in [1.54, 1.807) is 6.21 Å². The average molecular weight is 230 g/mol. The molecule has 1 aromatic carbocycles. The number of nitrogens with two attached hydrogens (primary N) is 1. The van der Waals surface area contributed by atoms with Crippen LogP contribution in [-0.2, 0) is 0 Å². The van der Waals surface area contributed by atoms with Crippen LogP contribution in [0.5, 0.6) is 0 Å². The van der Waals surface area contributed by atoms with Gasteiger partial charge in [-0.05, 0) is 17.7 Å². The standard InChI is InChI=1S/C11H14N6/c1-17(2)9-5-3-8(4-6-9)7-13-11-14-10(12)15-16-11/h3-7H,1-2H3,(H3,12,14,15,16). The number of anilines is 2. The lowest BCUT2D eigenvalue weighted by atomic mass is 10.2. The van der Waals surface area contributed by atoms with Crippen molar-refractivity contribution in [1.29, 1.82) is 0 Å². The Hall–Kier alpha value is -2.37. The molecular weight excluding hydrogens is 216 g/mol. The molecule has 0 amide bonds. The van der Waals surface area contributed by atoms with E-state index in [0.717, 1.165) is 11.3 Å². The van der Waals surface area contributed by atoms with Gasteiger partial charge in [-0.1, -0.05) is 12.1 Å². The molecule has 0 fully saturated rings. The van der Waals surface area contributed by atoms with Gasteiger partial charge in [0, 0.05) is 26.0 Å². The molecule has 2 rings (SSSR count). The quantitative estimate of drug-likeness (QED) is 0.776.